The van der Waals surface area contributed by atoms with Crippen LogP contribution in [0.15, 0.2) is 66.9 Å². The molecule has 0 fully saturated rings. The zero-order chi connectivity index (χ0) is 22.0. The minimum Gasteiger partial charge on any atom is -0.469 e. The summed E-state index contributed by atoms with van der Waals surface area (Å²) in [4.78, 5) is 11.4. The number of nitrogens with one attached hydrogen (secondary N) is 1. The predicted molar refractivity (Wildman–Crippen MR) is 106 cm³/mol. The number of halogens is 3. The van der Waals surface area contributed by atoms with Crippen molar-refractivity contribution in [1.82, 2.24) is 9.61 Å². The monoisotopic (exact) mass is 430 g/mol. The minimum atomic E-state index is -4.67. The fraction of sp³-hybridized carbons (Fsp3) is 0.136. The molecule has 0 radical (unpaired) electrons. The molecule has 2 aromatic heterocycles. The van der Waals surface area contributed by atoms with Crippen molar-refractivity contribution in [2.75, 3.05) is 7.11 Å². The van der Waals surface area contributed by atoms with E-state index in [0.717, 1.165) is 11.6 Å². The van der Waals surface area contributed by atoms with Gasteiger partial charge in [0.25, 0.3) is 0 Å². The molecule has 31 heavy (non-hydrogen) atoms. The summed E-state index contributed by atoms with van der Waals surface area (Å²) in [7, 11) is 1.26. The summed E-state index contributed by atoms with van der Waals surface area (Å²) in [6.45, 7) is 0. The zero-order valence-electron chi connectivity index (χ0n) is 16.3. The second-order valence-electron chi connectivity index (χ2n) is 6.66. The highest BCUT2D eigenvalue weighted by molar-refractivity contribution is 5.72. The molecule has 2 heterocycles. The molecule has 0 aliphatic rings. The number of carbonyl (C=O) groups is 1. The first kappa shape index (κ1) is 20.4. The maximum absolute atomic E-state index is 13.7. The van der Waals surface area contributed by atoms with Crippen molar-refractivity contribution in [1.29, 1.82) is 0 Å². The van der Waals surface area contributed by atoms with Gasteiger partial charge in [0.05, 0.1) is 19.0 Å². The number of fused-ring (bicyclic) bond motifs is 1. The van der Waals surface area contributed by atoms with Crippen molar-refractivity contribution in [3.8, 4) is 23.1 Å². The van der Waals surface area contributed by atoms with Gasteiger partial charge in [-0.1, -0.05) is 18.2 Å². The predicted octanol–water partition coefficient (Wildman–Crippen LogP) is 5.59. The van der Waals surface area contributed by atoms with E-state index in [9.17, 15) is 18.0 Å². The first-order chi connectivity index (χ1) is 14.8. The third-order valence-corrected chi connectivity index (χ3v) is 4.51. The Morgan fingerprint density at radius 3 is 2.48 bits per heavy atom. The summed E-state index contributed by atoms with van der Waals surface area (Å²) < 4.78 is 58.4. The highest BCUT2D eigenvalue weighted by Gasteiger charge is 2.35. The molecule has 160 valence electrons. The van der Waals surface area contributed by atoms with Crippen LogP contribution in [-0.2, 0) is 22.1 Å². The van der Waals surface area contributed by atoms with E-state index in [1.165, 1.54) is 31.4 Å². The number of benzene rings is 2. The van der Waals surface area contributed by atoms with Crippen molar-refractivity contribution in [2.24, 2.45) is 0 Å². The van der Waals surface area contributed by atoms with Crippen LogP contribution in [0.1, 0.15) is 11.1 Å². The van der Waals surface area contributed by atoms with E-state index in [1.807, 2.05) is 6.07 Å². The molecule has 0 atom stereocenters. The molecule has 0 saturated carbocycles. The first-order valence-corrected chi connectivity index (χ1v) is 9.21. The van der Waals surface area contributed by atoms with Crippen molar-refractivity contribution >= 4 is 11.5 Å². The number of carbonyl (C=O) groups excluding carboxylic acids is 1. The lowest BCUT2D eigenvalue weighted by Gasteiger charge is -2.17. The van der Waals surface area contributed by atoms with Gasteiger partial charge in [0, 0.05) is 12.3 Å². The Morgan fingerprint density at radius 2 is 1.77 bits per heavy atom. The lowest BCUT2D eigenvalue weighted by atomic mass is 10.1. The molecule has 0 amide bonds. The summed E-state index contributed by atoms with van der Waals surface area (Å²) in [6, 6.07) is 14.9. The third-order valence-electron chi connectivity index (χ3n) is 4.51. The van der Waals surface area contributed by atoms with Gasteiger partial charge in [-0.05, 0) is 42.0 Å². The van der Waals surface area contributed by atoms with E-state index in [1.54, 1.807) is 35.0 Å². The molecule has 1 N–H and O–H groups in total. The third kappa shape index (κ3) is 4.50. The smallest absolute Gasteiger partial charge is 0.420 e. The number of aromatic amines is 1. The van der Waals surface area contributed by atoms with Crippen LogP contribution in [0, 0.1) is 0 Å². The van der Waals surface area contributed by atoms with Crippen LogP contribution in [0.3, 0.4) is 0 Å². The number of ether oxygens (including phenoxy) is 3. The van der Waals surface area contributed by atoms with E-state index < -0.39 is 17.7 Å². The van der Waals surface area contributed by atoms with E-state index in [-0.39, 0.29) is 23.7 Å². The number of alkyl halides is 3. The van der Waals surface area contributed by atoms with Crippen LogP contribution < -0.4 is 9.47 Å². The normalized spacial score (nSPS) is 11.5. The number of esters is 1. The van der Waals surface area contributed by atoms with E-state index in [2.05, 4.69) is 9.84 Å². The van der Waals surface area contributed by atoms with Gasteiger partial charge in [0.2, 0.25) is 5.88 Å². The van der Waals surface area contributed by atoms with Gasteiger partial charge in [-0.25, -0.2) is 4.52 Å². The summed E-state index contributed by atoms with van der Waals surface area (Å²) >= 11 is 0. The van der Waals surface area contributed by atoms with Gasteiger partial charge in [-0.2, -0.15) is 13.2 Å². The molecule has 2 aromatic carbocycles. The number of hydrogen-bond donors (Lipinski definition) is 1. The van der Waals surface area contributed by atoms with E-state index >= 15 is 0 Å². The molecule has 4 aromatic rings. The second kappa shape index (κ2) is 8.10. The molecular weight excluding hydrogens is 413 g/mol. The lowest BCUT2D eigenvalue weighted by molar-refractivity contribution is -0.140. The van der Waals surface area contributed by atoms with Crippen LogP contribution in [0.5, 0.6) is 23.1 Å². The second-order valence-corrected chi connectivity index (χ2v) is 6.66. The topological polar surface area (TPSA) is 65.0 Å². The summed E-state index contributed by atoms with van der Waals surface area (Å²) in [5, 5.41) is 2.88. The Bertz CT molecular complexity index is 1230. The fourth-order valence-corrected chi connectivity index (χ4v) is 2.99. The minimum absolute atomic E-state index is 0.00807. The Hall–Kier alpha value is -3.88. The molecule has 0 spiro atoms. The molecule has 0 bridgehead atoms. The Balaban J connectivity index is 1.61. The van der Waals surface area contributed by atoms with E-state index in [0.29, 0.717) is 11.4 Å². The van der Waals surface area contributed by atoms with Crippen LogP contribution in [-0.4, -0.2) is 22.7 Å². The number of nitrogens with zero attached hydrogens (tertiary/aromatic N) is 1. The summed E-state index contributed by atoms with van der Waals surface area (Å²) in [6.07, 6.45) is -2.95. The Labute approximate surface area is 174 Å². The first-order valence-electron chi connectivity index (χ1n) is 9.21. The molecular formula is C22H17F3N2O4. The molecule has 6 nitrogen and oxygen atoms in total. The molecule has 0 aliphatic heterocycles. The van der Waals surface area contributed by atoms with Crippen LogP contribution in [0.25, 0.3) is 5.52 Å². The number of pyridine rings is 1. The summed E-state index contributed by atoms with van der Waals surface area (Å²) in [5.74, 6) is -0.322. The van der Waals surface area contributed by atoms with E-state index in [4.69, 9.17) is 9.47 Å². The van der Waals surface area contributed by atoms with Gasteiger partial charge in [0.1, 0.15) is 22.8 Å². The molecule has 0 unspecified atom stereocenters. The number of aromatic nitrogens is 2. The van der Waals surface area contributed by atoms with Gasteiger partial charge >= 0.3 is 12.1 Å². The number of rotatable bonds is 6. The lowest BCUT2D eigenvalue weighted by Crippen LogP contribution is -2.08. The van der Waals surface area contributed by atoms with Crippen molar-refractivity contribution < 1.29 is 32.2 Å². The van der Waals surface area contributed by atoms with Crippen LogP contribution in [0.4, 0.5) is 13.2 Å². The molecule has 0 saturated heterocycles. The molecule has 4 rings (SSSR count). The van der Waals surface area contributed by atoms with Crippen molar-refractivity contribution in [3.05, 3.63) is 78.0 Å². The Morgan fingerprint density at radius 1 is 1.00 bits per heavy atom. The number of methoxy groups -OCH3 is 1. The van der Waals surface area contributed by atoms with Crippen LogP contribution in [0.2, 0.25) is 0 Å². The average Bonchev–Trinajstić information content (AvgIpc) is 2.70. The highest BCUT2D eigenvalue weighted by atomic mass is 19.4. The highest BCUT2D eigenvalue weighted by Crippen LogP contribution is 2.41. The summed E-state index contributed by atoms with van der Waals surface area (Å²) in [5.41, 5.74) is 0.407. The van der Waals surface area contributed by atoms with Gasteiger partial charge in [0.15, 0.2) is 0 Å². The molecule has 0 aliphatic carbocycles. The zero-order valence-corrected chi connectivity index (χ0v) is 16.3. The quantitative estimate of drug-likeness (QED) is 0.405. The standard InChI is InChI=1S/C22H17F3N2O4/c1-29-21(28)11-14-4-2-6-16(10-14)30-19-9-8-17(12-18(19)22(23,24)25)31-20-7-3-5-15-13-26-27(15)20/h2-10,12-13,26H,11H2,1H3. The fourth-order valence-electron chi connectivity index (χ4n) is 2.99. The SMILES string of the molecule is COC(=O)Cc1cccc(Oc2ccc(Oc3cccc4c[nH]n34)cc2C(F)(F)F)c1. The van der Waals surface area contributed by atoms with Crippen molar-refractivity contribution in [2.45, 2.75) is 12.6 Å². The number of hydrogen-bond acceptors (Lipinski definition) is 4. The van der Waals surface area contributed by atoms with Crippen molar-refractivity contribution in [3.63, 3.8) is 0 Å². The molecule has 9 heteroatoms. The maximum Gasteiger partial charge on any atom is 0.420 e. The van der Waals surface area contributed by atoms with Gasteiger partial charge in [-0.15, -0.1) is 0 Å². The largest absolute Gasteiger partial charge is 0.469 e. The van der Waals surface area contributed by atoms with Crippen LogP contribution >= 0.6 is 0 Å². The van der Waals surface area contributed by atoms with Gasteiger partial charge in [-0.3, -0.25) is 9.89 Å². The maximum atomic E-state index is 13.7. The van der Waals surface area contributed by atoms with Gasteiger partial charge < -0.3 is 14.2 Å². The Kier molecular flexibility index (Phi) is 5.33. The number of H-pyrrole nitrogens is 1. The average molecular weight is 430 g/mol.